The summed E-state index contributed by atoms with van der Waals surface area (Å²) in [4.78, 5) is 16.8. The molecule has 0 aliphatic rings. The molecular weight excluding hydrogens is 246 g/mol. The number of rotatable bonds is 3. The van der Waals surface area contributed by atoms with Crippen LogP contribution < -0.4 is 0 Å². The van der Waals surface area contributed by atoms with E-state index in [2.05, 4.69) is 11.1 Å². The minimum absolute atomic E-state index is 0.134. The van der Waals surface area contributed by atoms with E-state index in [0.29, 0.717) is 6.42 Å². The van der Waals surface area contributed by atoms with Gasteiger partial charge in [-0.15, -0.1) is 0 Å². The number of hydrogen-bond donors (Lipinski definition) is 0. The number of carbonyl (C=O) groups excluding carboxylic acids is 1. The van der Waals surface area contributed by atoms with E-state index in [0.717, 1.165) is 22.0 Å². The topological polar surface area (TPSA) is 30.0 Å². The lowest BCUT2D eigenvalue weighted by Crippen LogP contribution is -2.05. The van der Waals surface area contributed by atoms with Gasteiger partial charge in [0.05, 0.1) is 5.52 Å². The summed E-state index contributed by atoms with van der Waals surface area (Å²) in [6.45, 7) is 2.04. The largest absolute Gasteiger partial charge is 0.294 e. The van der Waals surface area contributed by atoms with E-state index in [1.54, 1.807) is 12.3 Å². The summed E-state index contributed by atoms with van der Waals surface area (Å²) >= 11 is 0. The maximum atomic E-state index is 12.5. The third kappa shape index (κ3) is 2.45. The molecule has 3 aromatic rings. The second-order valence-corrected chi connectivity index (χ2v) is 4.96. The lowest BCUT2D eigenvalue weighted by Gasteiger charge is -2.06. The number of aromatic nitrogens is 1. The molecule has 0 unspecified atom stereocenters. The van der Waals surface area contributed by atoms with Crippen molar-refractivity contribution in [1.82, 2.24) is 4.98 Å². The summed E-state index contributed by atoms with van der Waals surface area (Å²) in [6, 6.07) is 17.6. The molecule has 0 N–H and O–H groups in total. The highest BCUT2D eigenvalue weighted by molar-refractivity contribution is 6.07. The molecule has 0 radical (unpaired) electrons. The number of pyridine rings is 1. The maximum Gasteiger partial charge on any atom is 0.167 e. The van der Waals surface area contributed by atoms with Crippen LogP contribution in [0.3, 0.4) is 0 Å². The normalized spacial score (nSPS) is 10.7. The number of hydrogen-bond acceptors (Lipinski definition) is 2. The Bertz CT molecular complexity index is 772. The Morgan fingerprint density at radius 1 is 1.05 bits per heavy atom. The predicted molar refractivity (Wildman–Crippen MR) is 81.0 cm³/mol. The van der Waals surface area contributed by atoms with E-state index >= 15 is 0 Å². The summed E-state index contributed by atoms with van der Waals surface area (Å²) in [5, 5.41) is 0.924. The molecule has 0 spiro atoms. The average Bonchev–Trinajstić information content (AvgIpc) is 2.46. The average molecular weight is 261 g/mol. The second kappa shape index (κ2) is 5.25. The third-order valence-electron chi connectivity index (χ3n) is 3.40. The van der Waals surface area contributed by atoms with E-state index < -0.39 is 0 Å². The van der Waals surface area contributed by atoms with Crippen LogP contribution in [-0.4, -0.2) is 10.8 Å². The molecule has 0 fully saturated rings. The smallest absolute Gasteiger partial charge is 0.167 e. The fourth-order valence-corrected chi connectivity index (χ4v) is 2.44. The molecule has 1 heterocycles. The number of fused-ring (bicyclic) bond motifs is 1. The number of nitrogens with zero attached hydrogens (tertiary/aromatic N) is 1. The molecule has 0 aliphatic carbocycles. The van der Waals surface area contributed by atoms with Crippen LogP contribution in [0.1, 0.15) is 21.5 Å². The molecule has 98 valence electrons. The van der Waals surface area contributed by atoms with E-state index in [9.17, 15) is 4.79 Å². The van der Waals surface area contributed by atoms with Gasteiger partial charge in [0.1, 0.15) is 0 Å². The summed E-state index contributed by atoms with van der Waals surface area (Å²) in [7, 11) is 0. The molecule has 20 heavy (non-hydrogen) atoms. The van der Waals surface area contributed by atoms with Gasteiger partial charge in [-0.05, 0) is 24.6 Å². The molecule has 0 saturated carbocycles. The second-order valence-electron chi connectivity index (χ2n) is 4.96. The molecule has 2 heteroatoms. The van der Waals surface area contributed by atoms with Crippen molar-refractivity contribution in [3.8, 4) is 0 Å². The number of carbonyl (C=O) groups is 1. The Morgan fingerprint density at radius 3 is 2.75 bits per heavy atom. The van der Waals surface area contributed by atoms with Crippen LogP contribution in [0.15, 0.2) is 60.8 Å². The number of Topliss-reactive ketones (excluding diaryl/α,β-unsaturated/α-hetero) is 1. The van der Waals surface area contributed by atoms with E-state index in [4.69, 9.17) is 0 Å². The molecule has 3 rings (SSSR count). The third-order valence-corrected chi connectivity index (χ3v) is 3.40. The lowest BCUT2D eigenvalue weighted by molar-refractivity contribution is 0.0994. The van der Waals surface area contributed by atoms with Crippen molar-refractivity contribution in [2.24, 2.45) is 0 Å². The highest BCUT2D eigenvalue weighted by Gasteiger charge is 2.11. The first-order valence-electron chi connectivity index (χ1n) is 6.66. The first-order valence-corrected chi connectivity index (χ1v) is 6.66. The number of aryl methyl sites for hydroxylation is 1. The zero-order chi connectivity index (χ0) is 13.9. The first kappa shape index (κ1) is 12.5. The molecule has 1 aromatic heterocycles. The van der Waals surface area contributed by atoms with E-state index in [-0.39, 0.29) is 5.78 Å². The molecule has 2 nitrogen and oxygen atoms in total. The van der Waals surface area contributed by atoms with Gasteiger partial charge in [0.2, 0.25) is 0 Å². The molecule has 0 amide bonds. The number of benzene rings is 2. The van der Waals surface area contributed by atoms with Gasteiger partial charge in [-0.25, -0.2) is 0 Å². The SMILES string of the molecule is Cc1cccc(CC(=O)c2ccnc3ccccc23)c1. The minimum atomic E-state index is 0.134. The van der Waals surface area contributed by atoms with Crippen LogP contribution in [0.25, 0.3) is 10.9 Å². The zero-order valence-electron chi connectivity index (χ0n) is 11.3. The standard InChI is InChI=1S/C18H15NO/c1-13-5-4-6-14(11-13)12-18(20)16-9-10-19-17-8-3-2-7-15(16)17/h2-11H,12H2,1H3. The number of para-hydroxylation sites is 1. The van der Waals surface area contributed by atoms with Crippen molar-refractivity contribution in [3.05, 3.63) is 77.5 Å². The van der Waals surface area contributed by atoms with E-state index in [1.807, 2.05) is 49.4 Å². The molecule has 0 atom stereocenters. The van der Waals surface area contributed by atoms with Crippen molar-refractivity contribution < 1.29 is 4.79 Å². The predicted octanol–water partition coefficient (Wildman–Crippen LogP) is 3.97. The van der Waals surface area contributed by atoms with Gasteiger partial charge < -0.3 is 0 Å². The van der Waals surface area contributed by atoms with Gasteiger partial charge in [-0.2, -0.15) is 0 Å². The van der Waals surface area contributed by atoms with Crippen LogP contribution in [0.4, 0.5) is 0 Å². The van der Waals surface area contributed by atoms with Crippen LogP contribution in [0, 0.1) is 6.92 Å². The lowest BCUT2D eigenvalue weighted by atomic mass is 9.99. The van der Waals surface area contributed by atoms with Gasteiger partial charge in [0.15, 0.2) is 5.78 Å². The highest BCUT2D eigenvalue weighted by Crippen LogP contribution is 2.18. The van der Waals surface area contributed by atoms with Crippen LogP contribution in [-0.2, 0) is 6.42 Å². The molecular formula is C18H15NO. The Balaban J connectivity index is 1.97. The summed E-state index contributed by atoms with van der Waals surface area (Å²) < 4.78 is 0. The van der Waals surface area contributed by atoms with Crippen LogP contribution in [0.5, 0.6) is 0 Å². The molecule has 0 aliphatic heterocycles. The van der Waals surface area contributed by atoms with E-state index in [1.165, 1.54) is 5.56 Å². The molecule has 0 bridgehead atoms. The quantitative estimate of drug-likeness (QED) is 0.668. The van der Waals surface area contributed by atoms with Gasteiger partial charge in [-0.3, -0.25) is 9.78 Å². The summed E-state index contributed by atoms with van der Waals surface area (Å²) in [5.74, 6) is 0.134. The van der Waals surface area contributed by atoms with Crippen LogP contribution >= 0.6 is 0 Å². The summed E-state index contributed by atoms with van der Waals surface area (Å²) in [5.41, 5.74) is 3.84. The van der Waals surface area contributed by atoms with Gasteiger partial charge in [-0.1, -0.05) is 48.0 Å². The van der Waals surface area contributed by atoms with Crippen molar-refractivity contribution in [3.63, 3.8) is 0 Å². The zero-order valence-corrected chi connectivity index (χ0v) is 11.3. The van der Waals surface area contributed by atoms with Crippen molar-refractivity contribution in [2.45, 2.75) is 13.3 Å². The summed E-state index contributed by atoms with van der Waals surface area (Å²) in [6.07, 6.45) is 2.13. The molecule has 2 aromatic carbocycles. The monoisotopic (exact) mass is 261 g/mol. The fourth-order valence-electron chi connectivity index (χ4n) is 2.44. The maximum absolute atomic E-state index is 12.5. The van der Waals surface area contributed by atoms with Gasteiger partial charge in [0.25, 0.3) is 0 Å². The van der Waals surface area contributed by atoms with Crippen molar-refractivity contribution in [1.29, 1.82) is 0 Å². The Kier molecular flexibility index (Phi) is 3.30. The Morgan fingerprint density at radius 2 is 1.90 bits per heavy atom. The fraction of sp³-hybridized carbons (Fsp3) is 0.111. The number of ketones is 1. The van der Waals surface area contributed by atoms with Crippen molar-refractivity contribution >= 4 is 16.7 Å². The Hall–Kier alpha value is -2.48. The van der Waals surface area contributed by atoms with Crippen molar-refractivity contribution in [2.75, 3.05) is 0 Å². The highest BCUT2D eigenvalue weighted by atomic mass is 16.1. The molecule has 0 saturated heterocycles. The minimum Gasteiger partial charge on any atom is -0.294 e. The van der Waals surface area contributed by atoms with Gasteiger partial charge >= 0.3 is 0 Å². The first-order chi connectivity index (χ1) is 9.74. The Labute approximate surface area is 118 Å². The van der Waals surface area contributed by atoms with Gasteiger partial charge in [0, 0.05) is 23.6 Å². The van der Waals surface area contributed by atoms with Crippen LogP contribution in [0.2, 0.25) is 0 Å².